The van der Waals surface area contributed by atoms with Crippen molar-refractivity contribution in [1.82, 2.24) is 25.2 Å². The van der Waals surface area contributed by atoms with Gasteiger partial charge in [0, 0.05) is 37.8 Å². The van der Waals surface area contributed by atoms with Crippen molar-refractivity contribution in [2.45, 2.75) is 25.9 Å². The maximum atomic E-state index is 12.3. The van der Waals surface area contributed by atoms with Gasteiger partial charge >= 0.3 is 5.69 Å². The zero-order valence-corrected chi connectivity index (χ0v) is 16.0. The van der Waals surface area contributed by atoms with Crippen LogP contribution in [0.3, 0.4) is 0 Å². The van der Waals surface area contributed by atoms with Crippen LogP contribution in [-0.4, -0.2) is 40.1 Å². The molecule has 0 fully saturated rings. The molecule has 0 radical (unpaired) electrons. The van der Waals surface area contributed by atoms with E-state index in [4.69, 9.17) is 11.1 Å². The molecule has 7 N–H and O–H groups in total. The lowest BCUT2D eigenvalue weighted by Gasteiger charge is -2.14. The van der Waals surface area contributed by atoms with Crippen LogP contribution in [-0.2, 0) is 6.54 Å². The van der Waals surface area contributed by atoms with Crippen molar-refractivity contribution < 1.29 is 0 Å². The highest BCUT2D eigenvalue weighted by atomic mass is 16.1. The SMILES string of the molecule is CNc1cc2cn(-c3ccc(CN[C@H](C)CCNC(=N)N)cc3)c(=O)nc2[nH]1. The van der Waals surface area contributed by atoms with E-state index in [2.05, 4.69) is 32.8 Å². The average molecular weight is 382 g/mol. The molecular weight excluding hydrogens is 356 g/mol. The Morgan fingerprint density at radius 2 is 2.11 bits per heavy atom. The Balaban J connectivity index is 1.65. The van der Waals surface area contributed by atoms with E-state index in [1.165, 1.54) is 0 Å². The van der Waals surface area contributed by atoms with E-state index in [1.54, 1.807) is 10.8 Å². The van der Waals surface area contributed by atoms with Gasteiger partial charge in [0.05, 0.1) is 5.69 Å². The van der Waals surface area contributed by atoms with Gasteiger partial charge in [-0.3, -0.25) is 9.98 Å². The van der Waals surface area contributed by atoms with Gasteiger partial charge < -0.3 is 26.7 Å². The maximum Gasteiger partial charge on any atom is 0.354 e. The first-order valence-corrected chi connectivity index (χ1v) is 9.17. The summed E-state index contributed by atoms with van der Waals surface area (Å²) in [7, 11) is 1.81. The highest BCUT2D eigenvalue weighted by molar-refractivity contribution is 5.79. The molecule has 0 saturated carbocycles. The largest absolute Gasteiger partial charge is 0.375 e. The summed E-state index contributed by atoms with van der Waals surface area (Å²) in [6.45, 7) is 3.47. The van der Waals surface area contributed by atoms with Crippen LogP contribution in [0.1, 0.15) is 18.9 Å². The van der Waals surface area contributed by atoms with Crippen molar-refractivity contribution in [1.29, 1.82) is 5.41 Å². The minimum atomic E-state index is -0.325. The summed E-state index contributed by atoms with van der Waals surface area (Å²) >= 11 is 0. The predicted octanol–water partition coefficient (Wildman–Crippen LogP) is 1.11. The molecule has 9 nitrogen and oxygen atoms in total. The summed E-state index contributed by atoms with van der Waals surface area (Å²) in [5.41, 5.74) is 7.41. The molecule has 2 heterocycles. The number of hydrogen-bond acceptors (Lipinski definition) is 5. The van der Waals surface area contributed by atoms with Crippen LogP contribution >= 0.6 is 0 Å². The van der Waals surface area contributed by atoms with Crippen LogP contribution < -0.4 is 27.4 Å². The van der Waals surface area contributed by atoms with Gasteiger partial charge in [-0.05, 0) is 37.1 Å². The molecule has 0 amide bonds. The number of nitrogens with zero attached hydrogens (tertiary/aromatic N) is 2. The van der Waals surface area contributed by atoms with Crippen LogP contribution in [0.5, 0.6) is 0 Å². The molecule has 3 aromatic rings. The van der Waals surface area contributed by atoms with Crippen molar-refractivity contribution in [2.24, 2.45) is 5.73 Å². The fraction of sp³-hybridized carbons (Fsp3) is 0.316. The number of nitrogens with one attached hydrogen (secondary N) is 5. The fourth-order valence-corrected chi connectivity index (χ4v) is 2.91. The molecule has 1 atom stereocenters. The molecule has 3 rings (SSSR count). The summed E-state index contributed by atoms with van der Waals surface area (Å²) in [4.78, 5) is 19.5. The molecule has 0 aliphatic heterocycles. The van der Waals surface area contributed by atoms with Gasteiger partial charge in [-0.25, -0.2) is 4.79 Å². The van der Waals surface area contributed by atoms with Crippen molar-refractivity contribution in [3.05, 3.63) is 52.6 Å². The number of aromatic amines is 1. The quantitative estimate of drug-likeness (QED) is 0.255. The Morgan fingerprint density at radius 1 is 1.36 bits per heavy atom. The third kappa shape index (κ3) is 4.68. The highest BCUT2D eigenvalue weighted by Gasteiger charge is 2.07. The number of rotatable bonds is 8. The Hall–Kier alpha value is -3.33. The van der Waals surface area contributed by atoms with E-state index < -0.39 is 0 Å². The smallest absolute Gasteiger partial charge is 0.354 e. The number of fused-ring (bicyclic) bond motifs is 1. The van der Waals surface area contributed by atoms with Crippen molar-refractivity contribution >= 4 is 22.8 Å². The Bertz CT molecular complexity index is 1000. The van der Waals surface area contributed by atoms with Crippen LogP contribution in [0, 0.1) is 5.41 Å². The van der Waals surface area contributed by atoms with Gasteiger partial charge in [-0.1, -0.05) is 12.1 Å². The average Bonchev–Trinajstić information content (AvgIpc) is 3.08. The minimum absolute atomic E-state index is 0.00692. The van der Waals surface area contributed by atoms with Gasteiger partial charge in [-0.2, -0.15) is 4.98 Å². The summed E-state index contributed by atoms with van der Waals surface area (Å²) in [5.74, 6) is 0.807. The van der Waals surface area contributed by atoms with Crippen LogP contribution in [0.2, 0.25) is 0 Å². The molecule has 0 bridgehead atoms. The normalized spacial score (nSPS) is 12.1. The number of guanidine groups is 1. The molecule has 2 aromatic heterocycles. The fourth-order valence-electron chi connectivity index (χ4n) is 2.91. The Kier molecular flexibility index (Phi) is 5.95. The Labute approximate surface area is 162 Å². The zero-order chi connectivity index (χ0) is 20.1. The third-order valence-corrected chi connectivity index (χ3v) is 4.54. The number of nitrogens with two attached hydrogens (primary N) is 1. The Morgan fingerprint density at radius 3 is 2.79 bits per heavy atom. The first kappa shape index (κ1) is 19.4. The van der Waals surface area contributed by atoms with Crippen molar-refractivity contribution in [3.8, 4) is 5.69 Å². The molecular formula is C19H26N8O. The summed E-state index contributed by atoms with van der Waals surface area (Å²) < 4.78 is 1.54. The molecule has 28 heavy (non-hydrogen) atoms. The predicted molar refractivity (Wildman–Crippen MR) is 112 cm³/mol. The van der Waals surface area contributed by atoms with Crippen molar-refractivity contribution in [3.63, 3.8) is 0 Å². The van der Waals surface area contributed by atoms with Crippen LogP contribution in [0.15, 0.2) is 41.3 Å². The molecule has 148 valence electrons. The summed E-state index contributed by atoms with van der Waals surface area (Å²) in [6.07, 6.45) is 2.66. The number of benzene rings is 1. The molecule has 0 saturated heterocycles. The van der Waals surface area contributed by atoms with E-state index in [0.717, 1.165) is 35.4 Å². The van der Waals surface area contributed by atoms with E-state index >= 15 is 0 Å². The first-order valence-electron chi connectivity index (χ1n) is 9.17. The second-order valence-electron chi connectivity index (χ2n) is 6.71. The van der Waals surface area contributed by atoms with E-state index in [1.807, 2.05) is 37.4 Å². The third-order valence-electron chi connectivity index (χ3n) is 4.54. The van der Waals surface area contributed by atoms with E-state index in [9.17, 15) is 4.79 Å². The van der Waals surface area contributed by atoms with Gasteiger partial charge in [0.2, 0.25) is 0 Å². The first-order chi connectivity index (χ1) is 13.5. The van der Waals surface area contributed by atoms with Gasteiger partial charge in [0.25, 0.3) is 0 Å². The number of H-pyrrole nitrogens is 1. The van der Waals surface area contributed by atoms with Crippen molar-refractivity contribution in [2.75, 3.05) is 18.9 Å². The lowest BCUT2D eigenvalue weighted by Crippen LogP contribution is -2.35. The number of anilines is 1. The van der Waals surface area contributed by atoms with E-state index in [-0.39, 0.29) is 17.7 Å². The van der Waals surface area contributed by atoms with Gasteiger partial charge in [-0.15, -0.1) is 0 Å². The summed E-state index contributed by atoms with van der Waals surface area (Å²) in [6, 6.07) is 10.0. The molecule has 9 heteroatoms. The molecule has 0 unspecified atom stereocenters. The lowest BCUT2D eigenvalue weighted by atomic mass is 10.1. The molecule has 0 aliphatic carbocycles. The standard InChI is InChI=1S/C19H26N8O/c1-12(7-8-23-18(20)21)24-10-13-3-5-15(6-4-13)27-11-14-9-16(22-2)25-17(14)26-19(27)28/h3-6,9,11-12,22,24H,7-8,10H2,1-2H3,(H4,20,21,23)(H,25,26,28)/t12-/m1/s1. The monoisotopic (exact) mass is 382 g/mol. The lowest BCUT2D eigenvalue weighted by molar-refractivity contribution is 0.510. The molecule has 0 aliphatic rings. The van der Waals surface area contributed by atoms with E-state index in [0.29, 0.717) is 12.2 Å². The number of aromatic nitrogens is 3. The van der Waals surface area contributed by atoms with Gasteiger partial charge in [0.15, 0.2) is 5.96 Å². The summed E-state index contributed by atoms with van der Waals surface area (Å²) in [5, 5.41) is 17.3. The topological polar surface area (TPSA) is 137 Å². The van der Waals surface area contributed by atoms with Crippen LogP contribution in [0.4, 0.5) is 5.82 Å². The van der Waals surface area contributed by atoms with Crippen LogP contribution in [0.25, 0.3) is 16.7 Å². The highest BCUT2D eigenvalue weighted by Crippen LogP contribution is 2.16. The maximum absolute atomic E-state index is 12.3. The second kappa shape index (κ2) is 8.57. The number of hydrogen-bond donors (Lipinski definition) is 6. The second-order valence-corrected chi connectivity index (χ2v) is 6.71. The van der Waals surface area contributed by atoms with Gasteiger partial charge in [0.1, 0.15) is 11.5 Å². The molecule has 1 aromatic carbocycles. The zero-order valence-electron chi connectivity index (χ0n) is 16.0. The molecule has 0 spiro atoms. The minimum Gasteiger partial charge on any atom is -0.375 e.